The van der Waals surface area contributed by atoms with E-state index in [1.165, 1.54) is 24.3 Å². The van der Waals surface area contributed by atoms with E-state index in [0.29, 0.717) is 33.6 Å². The molecule has 0 atom stereocenters. The van der Waals surface area contributed by atoms with Crippen LogP contribution in [0.5, 0.6) is 0 Å². The summed E-state index contributed by atoms with van der Waals surface area (Å²) in [5, 5.41) is 3.20. The van der Waals surface area contributed by atoms with Crippen molar-refractivity contribution >= 4 is 34.4 Å². The predicted octanol–water partition coefficient (Wildman–Crippen LogP) is 3.70. The number of carbonyl (C=O) groups excluding carboxylic acids is 3. The number of anilines is 1. The molecule has 2 amide bonds. The first-order valence-corrected chi connectivity index (χ1v) is 9.74. The number of esters is 1. The highest BCUT2D eigenvalue weighted by Crippen LogP contribution is 2.26. The molecule has 4 rings (SSSR count). The van der Waals surface area contributed by atoms with Gasteiger partial charge in [0, 0.05) is 16.6 Å². The second kappa shape index (κ2) is 8.73. The quantitative estimate of drug-likeness (QED) is 0.450. The van der Waals surface area contributed by atoms with Crippen molar-refractivity contribution in [1.29, 1.82) is 0 Å². The highest BCUT2D eigenvalue weighted by Gasteiger charge is 2.18. The summed E-state index contributed by atoms with van der Waals surface area (Å²) in [6.45, 7) is 1.34. The maximum absolute atomic E-state index is 12.8. The predicted molar refractivity (Wildman–Crippen MR) is 118 cm³/mol. The number of aromatic nitrogens is 1. The van der Waals surface area contributed by atoms with Crippen molar-refractivity contribution in [3.05, 3.63) is 83.6 Å². The lowest BCUT2D eigenvalue weighted by Gasteiger charge is -2.10. The topological polar surface area (TPSA) is 125 Å². The molecule has 3 N–H and O–H groups in total. The average Bonchev–Trinajstić information content (AvgIpc) is 3.23. The molecule has 0 aliphatic carbocycles. The van der Waals surface area contributed by atoms with Gasteiger partial charge in [-0.25, -0.2) is 9.78 Å². The van der Waals surface area contributed by atoms with Crippen LogP contribution in [-0.4, -0.2) is 29.4 Å². The van der Waals surface area contributed by atoms with E-state index in [4.69, 9.17) is 14.9 Å². The number of fused-ring (bicyclic) bond motifs is 1. The van der Waals surface area contributed by atoms with Gasteiger partial charge in [-0.3, -0.25) is 9.59 Å². The van der Waals surface area contributed by atoms with Gasteiger partial charge in [-0.15, -0.1) is 0 Å². The molecule has 160 valence electrons. The second-order valence-corrected chi connectivity index (χ2v) is 7.05. The largest absolute Gasteiger partial charge is 0.460 e. The number of carbonyl (C=O) groups is 3. The third kappa shape index (κ3) is 4.49. The zero-order valence-electron chi connectivity index (χ0n) is 17.1. The molecule has 0 fully saturated rings. The first-order chi connectivity index (χ1) is 15.4. The first kappa shape index (κ1) is 20.8. The summed E-state index contributed by atoms with van der Waals surface area (Å²) in [6, 6.07) is 18.4. The molecule has 8 heteroatoms. The Morgan fingerprint density at radius 3 is 2.47 bits per heavy atom. The van der Waals surface area contributed by atoms with Crippen LogP contribution >= 0.6 is 0 Å². The van der Waals surface area contributed by atoms with Crippen LogP contribution in [-0.2, 0) is 9.53 Å². The van der Waals surface area contributed by atoms with Gasteiger partial charge >= 0.3 is 5.97 Å². The van der Waals surface area contributed by atoms with Crippen molar-refractivity contribution in [2.45, 2.75) is 6.92 Å². The summed E-state index contributed by atoms with van der Waals surface area (Å²) in [4.78, 5) is 40.7. The Labute approximate surface area is 183 Å². The lowest BCUT2D eigenvalue weighted by molar-refractivity contribution is -0.119. The second-order valence-electron chi connectivity index (χ2n) is 7.05. The van der Waals surface area contributed by atoms with Crippen LogP contribution in [0.2, 0.25) is 0 Å². The number of nitrogens with zero attached hydrogens (tertiary/aromatic N) is 1. The van der Waals surface area contributed by atoms with E-state index in [0.717, 1.165) is 5.76 Å². The summed E-state index contributed by atoms with van der Waals surface area (Å²) < 4.78 is 10.9. The molecule has 0 radical (unpaired) electrons. The van der Waals surface area contributed by atoms with Crippen molar-refractivity contribution in [1.82, 2.24) is 4.98 Å². The Morgan fingerprint density at radius 1 is 1.03 bits per heavy atom. The van der Waals surface area contributed by atoms with Crippen LogP contribution in [0.1, 0.15) is 26.5 Å². The van der Waals surface area contributed by atoms with Gasteiger partial charge in [-0.2, -0.15) is 0 Å². The highest BCUT2D eigenvalue weighted by molar-refractivity contribution is 6.05. The number of furan rings is 1. The number of ether oxygens (including phenoxy) is 1. The smallest absolute Gasteiger partial charge is 0.339 e. The summed E-state index contributed by atoms with van der Waals surface area (Å²) in [6.07, 6.45) is 0. The van der Waals surface area contributed by atoms with E-state index >= 15 is 0 Å². The molecule has 2 aromatic heterocycles. The molecule has 0 aliphatic heterocycles. The van der Waals surface area contributed by atoms with E-state index in [1.807, 2.05) is 19.1 Å². The van der Waals surface area contributed by atoms with Crippen LogP contribution in [0.15, 0.2) is 71.1 Å². The molecule has 0 bridgehead atoms. The number of rotatable bonds is 6. The molecule has 2 heterocycles. The van der Waals surface area contributed by atoms with Gasteiger partial charge in [-0.05, 0) is 55.5 Å². The molecule has 0 saturated heterocycles. The Balaban J connectivity index is 1.50. The van der Waals surface area contributed by atoms with E-state index in [1.54, 1.807) is 30.3 Å². The normalized spacial score (nSPS) is 10.7. The van der Waals surface area contributed by atoms with E-state index in [9.17, 15) is 14.4 Å². The minimum Gasteiger partial charge on any atom is -0.460 e. The zero-order chi connectivity index (χ0) is 22.7. The fourth-order valence-electron chi connectivity index (χ4n) is 3.17. The van der Waals surface area contributed by atoms with Gasteiger partial charge in [0.05, 0.1) is 11.1 Å². The van der Waals surface area contributed by atoms with Gasteiger partial charge in [0.15, 0.2) is 12.4 Å². The zero-order valence-corrected chi connectivity index (χ0v) is 17.1. The minimum atomic E-state index is -0.660. The first-order valence-electron chi connectivity index (χ1n) is 9.74. The fraction of sp³-hybridized carbons (Fsp3) is 0.0833. The van der Waals surface area contributed by atoms with Crippen LogP contribution in [0.25, 0.3) is 22.4 Å². The SMILES string of the molecule is Cc1ccc(-c2cc(C(=O)OCC(=O)Nc3ccc(C(N)=O)cc3)c3ccccc3n2)o1. The Bertz CT molecular complexity index is 1330. The van der Waals surface area contributed by atoms with Crippen molar-refractivity contribution in [3.63, 3.8) is 0 Å². The number of amides is 2. The number of primary amides is 1. The molecule has 32 heavy (non-hydrogen) atoms. The summed E-state index contributed by atoms with van der Waals surface area (Å²) >= 11 is 0. The lowest BCUT2D eigenvalue weighted by atomic mass is 10.1. The van der Waals surface area contributed by atoms with Gasteiger partial charge in [-0.1, -0.05) is 18.2 Å². The number of hydrogen-bond donors (Lipinski definition) is 2. The number of nitrogens with one attached hydrogen (secondary N) is 1. The highest BCUT2D eigenvalue weighted by atomic mass is 16.5. The molecule has 4 aromatic rings. The molecular weight excluding hydrogens is 410 g/mol. The van der Waals surface area contributed by atoms with E-state index < -0.39 is 24.4 Å². The van der Waals surface area contributed by atoms with Crippen LogP contribution in [0.4, 0.5) is 5.69 Å². The fourth-order valence-corrected chi connectivity index (χ4v) is 3.17. The van der Waals surface area contributed by atoms with Crippen molar-refractivity contribution < 1.29 is 23.5 Å². The minimum absolute atomic E-state index is 0.276. The van der Waals surface area contributed by atoms with Crippen LogP contribution in [0, 0.1) is 6.92 Å². The number of aryl methyl sites for hydroxylation is 1. The third-order valence-corrected chi connectivity index (χ3v) is 4.72. The number of nitrogens with two attached hydrogens (primary N) is 1. The third-order valence-electron chi connectivity index (χ3n) is 4.72. The average molecular weight is 429 g/mol. The molecule has 0 saturated carbocycles. The van der Waals surface area contributed by atoms with Crippen LogP contribution < -0.4 is 11.1 Å². The monoisotopic (exact) mass is 429 g/mol. The molecular formula is C24H19N3O5. The summed E-state index contributed by atoms with van der Waals surface area (Å²) in [5.41, 5.74) is 7.33. The van der Waals surface area contributed by atoms with Crippen molar-refractivity contribution in [2.75, 3.05) is 11.9 Å². The van der Waals surface area contributed by atoms with Gasteiger partial charge < -0.3 is 20.2 Å². The lowest BCUT2D eigenvalue weighted by Crippen LogP contribution is -2.21. The van der Waals surface area contributed by atoms with Gasteiger partial charge in [0.2, 0.25) is 5.91 Å². The number of para-hydroxylation sites is 1. The molecule has 0 unspecified atom stereocenters. The standard InChI is InChI=1S/C24H19N3O5/c1-14-6-11-21(32-14)20-12-18(17-4-2-3-5-19(17)27-20)24(30)31-13-22(28)26-16-9-7-15(8-10-16)23(25)29/h2-12H,13H2,1H3,(H2,25,29)(H,26,28). The molecule has 0 aliphatic rings. The van der Waals surface area contributed by atoms with E-state index in [-0.39, 0.29) is 5.56 Å². The summed E-state index contributed by atoms with van der Waals surface area (Å²) in [7, 11) is 0. The van der Waals surface area contributed by atoms with Crippen molar-refractivity contribution in [2.24, 2.45) is 5.73 Å². The maximum Gasteiger partial charge on any atom is 0.339 e. The molecule has 0 spiro atoms. The number of benzene rings is 2. The number of hydrogen-bond acceptors (Lipinski definition) is 6. The Hall–Kier alpha value is -4.46. The molecule has 2 aromatic carbocycles. The maximum atomic E-state index is 12.8. The van der Waals surface area contributed by atoms with E-state index in [2.05, 4.69) is 10.3 Å². The Kier molecular flexibility index (Phi) is 5.67. The van der Waals surface area contributed by atoms with Crippen molar-refractivity contribution in [3.8, 4) is 11.5 Å². The number of pyridine rings is 1. The van der Waals surface area contributed by atoms with Gasteiger partial charge in [0.1, 0.15) is 11.5 Å². The van der Waals surface area contributed by atoms with Crippen LogP contribution in [0.3, 0.4) is 0 Å². The van der Waals surface area contributed by atoms with Gasteiger partial charge in [0.25, 0.3) is 5.91 Å². The summed E-state index contributed by atoms with van der Waals surface area (Å²) in [5.74, 6) is -0.498. The Morgan fingerprint density at radius 2 is 1.78 bits per heavy atom. The molecule has 8 nitrogen and oxygen atoms in total.